The van der Waals surface area contributed by atoms with E-state index in [9.17, 15) is 15.0 Å². The van der Waals surface area contributed by atoms with Crippen LogP contribution in [-0.2, 0) is 4.79 Å². The van der Waals surface area contributed by atoms with Crippen LogP contribution in [0.25, 0.3) is 0 Å². The topological polar surface area (TPSA) is 57.5 Å². The van der Waals surface area contributed by atoms with E-state index in [1.54, 1.807) is 6.92 Å². The molecule has 0 aromatic heterocycles. The third-order valence-corrected chi connectivity index (χ3v) is 4.69. The van der Waals surface area contributed by atoms with E-state index in [1.165, 1.54) is 12.8 Å². The summed E-state index contributed by atoms with van der Waals surface area (Å²) in [7, 11) is 0. The lowest BCUT2D eigenvalue weighted by Crippen LogP contribution is -2.42. The lowest BCUT2D eigenvalue weighted by atomic mass is 9.65. The Balaban J connectivity index is 2.70. The van der Waals surface area contributed by atoms with Crippen molar-refractivity contribution in [3.05, 3.63) is 0 Å². The number of aliphatic hydroxyl groups is 1. The first-order chi connectivity index (χ1) is 8.35. The predicted octanol–water partition coefficient (Wildman–Crippen LogP) is 3.60. The van der Waals surface area contributed by atoms with Crippen molar-refractivity contribution < 1.29 is 15.0 Å². The first-order valence-corrected chi connectivity index (χ1v) is 7.31. The number of rotatable bonds is 6. The molecule has 1 atom stereocenters. The van der Waals surface area contributed by atoms with Crippen LogP contribution in [0.2, 0.25) is 0 Å². The van der Waals surface area contributed by atoms with Crippen LogP contribution >= 0.6 is 0 Å². The minimum atomic E-state index is -0.851. The van der Waals surface area contributed by atoms with Gasteiger partial charge in [-0.2, -0.15) is 0 Å². The zero-order valence-electron chi connectivity index (χ0n) is 12.0. The third kappa shape index (κ3) is 3.71. The molecule has 0 aromatic rings. The van der Waals surface area contributed by atoms with E-state index in [2.05, 4.69) is 6.92 Å². The Bertz CT molecular complexity index is 275. The Morgan fingerprint density at radius 3 is 2.28 bits per heavy atom. The zero-order chi connectivity index (χ0) is 13.8. The molecule has 0 heterocycles. The SMILES string of the molecule is CCCC1CCC(CC(C)(O)CC)(C(=O)O)CC1. The number of carboxylic acids is 1. The van der Waals surface area contributed by atoms with Crippen LogP contribution in [0.1, 0.15) is 72.1 Å². The van der Waals surface area contributed by atoms with Gasteiger partial charge in [0.1, 0.15) is 0 Å². The maximum absolute atomic E-state index is 11.6. The molecule has 1 aliphatic carbocycles. The lowest BCUT2D eigenvalue weighted by Gasteiger charge is -2.40. The van der Waals surface area contributed by atoms with Crippen molar-refractivity contribution in [2.24, 2.45) is 11.3 Å². The largest absolute Gasteiger partial charge is 0.481 e. The molecule has 0 aliphatic heterocycles. The second-order valence-electron chi connectivity index (χ2n) is 6.34. The Kier molecular flexibility index (Phi) is 5.20. The summed E-state index contributed by atoms with van der Waals surface area (Å²) in [6, 6.07) is 0. The van der Waals surface area contributed by atoms with Crippen molar-refractivity contribution in [3.8, 4) is 0 Å². The van der Waals surface area contributed by atoms with Crippen molar-refractivity contribution in [2.75, 3.05) is 0 Å². The van der Waals surface area contributed by atoms with E-state index in [-0.39, 0.29) is 0 Å². The average molecular weight is 256 g/mol. The summed E-state index contributed by atoms with van der Waals surface area (Å²) in [6.45, 7) is 5.86. The first kappa shape index (κ1) is 15.5. The summed E-state index contributed by atoms with van der Waals surface area (Å²) >= 11 is 0. The molecule has 3 heteroatoms. The van der Waals surface area contributed by atoms with Gasteiger partial charge in [0.15, 0.2) is 0 Å². The Hall–Kier alpha value is -0.570. The predicted molar refractivity (Wildman–Crippen MR) is 72.5 cm³/mol. The molecule has 0 radical (unpaired) electrons. The molecule has 1 fully saturated rings. The molecule has 1 rings (SSSR count). The monoisotopic (exact) mass is 256 g/mol. The van der Waals surface area contributed by atoms with Gasteiger partial charge in [-0.3, -0.25) is 4.79 Å². The van der Waals surface area contributed by atoms with Gasteiger partial charge in [0.05, 0.1) is 11.0 Å². The number of aliphatic carboxylic acids is 1. The van der Waals surface area contributed by atoms with E-state index in [4.69, 9.17) is 0 Å². The molecule has 1 unspecified atom stereocenters. The molecule has 18 heavy (non-hydrogen) atoms. The summed E-state index contributed by atoms with van der Waals surface area (Å²) in [5, 5.41) is 19.7. The highest BCUT2D eigenvalue weighted by atomic mass is 16.4. The second kappa shape index (κ2) is 6.05. The van der Waals surface area contributed by atoms with Gasteiger partial charge in [-0.25, -0.2) is 0 Å². The van der Waals surface area contributed by atoms with Crippen LogP contribution in [0.15, 0.2) is 0 Å². The van der Waals surface area contributed by atoms with Crippen molar-refractivity contribution in [1.82, 2.24) is 0 Å². The second-order valence-corrected chi connectivity index (χ2v) is 6.34. The van der Waals surface area contributed by atoms with Crippen LogP contribution in [0.5, 0.6) is 0 Å². The van der Waals surface area contributed by atoms with Crippen LogP contribution in [0, 0.1) is 11.3 Å². The molecule has 0 amide bonds. The van der Waals surface area contributed by atoms with Crippen molar-refractivity contribution >= 4 is 5.97 Å². The highest BCUT2D eigenvalue weighted by molar-refractivity contribution is 5.74. The minimum Gasteiger partial charge on any atom is -0.481 e. The number of hydrogen-bond acceptors (Lipinski definition) is 2. The van der Waals surface area contributed by atoms with Crippen molar-refractivity contribution in [1.29, 1.82) is 0 Å². The number of hydrogen-bond donors (Lipinski definition) is 2. The lowest BCUT2D eigenvalue weighted by molar-refractivity contribution is -0.157. The normalized spacial score (nSPS) is 31.9. The molecule has 1 saturated carbocycles. The van der Waals surface area contributed by atoms with Gasteiger partial charge in [-0.1, -0.05) is 26.7 Å². The Morgan fingerprint density at radius 2 is 1.89 bits per heavy atom. The fraction of sp³-hybridized carbons (Fsp3) is 0.933. The van der Waals surface area contributed by atoms with Crippen LogP contribution in [-0.4, -0.2) is 21.8 Å². The molecule has 3 nitrogen and oxygen atoms in total. The minimum absolute atomic E-state index is 0.394. The van der Waals surface area contributed by atoms with E-state index in [0.717, 1.165) is 25.7 Å². The fourth-order valence-corrected chi connectivity index (χ4v) is 3.25. The molecular weight excluding hydrogens is 228 g/mol. The van der Waals surface area contributed by atoms with Gasteiger partial charge in [-0.05, 0) is 51.4 Å². The van der Waals surface area contributed by atoms with Gasteiger partial charge < -0.3 is 10.2 Å². The highest BCUT2D eigenvalue weighted by Crippen LogP contribution is 2.46. The van der Waals surface area contributed by atoms with Crippen molar-refractivity contribution in [2.45, 2.75) is 77.7 Å². The molecule has 0 saturated heterocycles. The van der Waals surface area contributed by atoms with Gasteiger partial charge >= 0.3 is 5.97 Å². The molecule has 0 bridgehead atoms. The first-order valence-electron chi connectivity index (χ1n) is 7.31. The summed E-state index contributed by atoms with van der Waals surface area (Å²) < 4.78 is 0. The maximum atomic E-state index is 11.6. The number of carboxylic acid groups (broad SMARTS) is 1. The maximum Gasteiger partial charge on any atom is 0.309 e. The standard InChI is InChI=1S/C15H28O3/c1-4-6-12-7-9-15(10-8-12,13(16)17)11-14(3,18)5-2/h12,18H,4-11H2,1-3H3,(H,16,17). The molecule has 1 aliphatic rings. The molecule has 2 N–H and O–H groups in total. The molecular formula is C15H28O3. The summed E-state index contributed by atoms with van der Waals surface area (Å²) in [5.74, 6) is -0.0276. The average Bonchev–Trinajstić information content (AvgIpc) is 2.31. The van der Waals surface area contributed by atoms with E-state index in [1.807, 2.05) is 6.92 Å². The van der Waals surface area contributed by atoms with E-state index in [0.29, 0.717) is 18.8 Å². The highest BCUT2D eigenvalue weighted by Gasteiger charge is 2.45. The molecule has 106 valence electrons. The Morgan fingerprint density at radius 1 is 1.33 bits per heavy atom. The van der Waals surface area contributed by atoms with Crippen molar-refractivity contribution in [3.63, 3.8) is 0 Å². The van der Waals surface area contributed by atoms with Gasteiger partial charge in [0, 0.05) is 0 Å². The molecule has 0 spiro atoms. The fourth-order valence-electron chi connectivity index (χ4n) is 3.25. The molecule has 0 aromatic carbocycles. The summed E-state index contributed by atoms with van der Waals surface area (Å²) in [4.78, 5) is 11.6. The van der Waals surface area contributed by atoms with E-state index >= 15 is 0 Å². The smallest absolute Gasteiger partial charge is 0.309 e. The van der Waals surface area contributed by atoms with Gasteiger partial charge in [0.25, 0.3) is 0 Å². The third-order valence-electron chi connectivity index (χ3n) is 4.69. The van der Waals surface area contributed by atoms with Gasteiger partial charge in [-0.15, -0.1) is 0 Å². The summed E-state index contributed by atoms with van der Waals surface area (Å²) in [6.07, 6.45) is 6.84. The van der Waals surface area contributed by atoms with Crippen LogP contribution < -0.4 is 0 Å². The summed E-state index contributed by atoms with van der Waals surface area (Å²) in [5.41, 5.74) is -1.54. The quantitative estimate of drug-likeness (QED) is 0.763. The van der Waals surface area contributed by atoms with Crippen LogP contribution in [0.3, 0.4) is 0 Å². The van der Waals surface area contributed by atoms with Crippen LogP contribution in [0.4, 0.5) is 0 Å². The Labute approximate surface area is 111 Å². The van der Waals surface area contributed by atoms with Gasteiger partial charge in [0.2, 0.25) is 0 Å². The number of carbonyl (C=O) groups is 1. The van der Waals surface area contributed by atoms with E-state index < -0.39 is 17.0 Å². The zero-order valence-corrected chi connectivity index (χ0v) is 12.0.